The zero-order valence-corrected chi connectivity index (χ0v) is 11.8. The van der Waals surface area contributed by atoms with E-state index in [0.29, 0.717) is 5.92 Å². The van der Waals surface area contributed by atoms with Crippen LogP contribution in [-0.4, -0.2) is 17.8 Å². The van der Waals surface area contributed by atoms with Crippen molar-refractivity contribution < 1.29 is 5.11 Å². The summed E-state index contributed by atoms with van der Waals surface area (Å²) in [5.74, 6) is 0.711. The first kappa shape index (κ1) is 12.9. The van der Waals surface area contributed by atoms with Crippen molar-refractivity contribution in [1.82, 2.24) is 0 Å². The van der Waals surface area contributed by atoms with E-state index in [2.05, 4.69) is 46.4 Å². The molecule has 2 rings (SSSR count). The number of nitrogens with one attached hydrogen (secondary N) is 1. The predicted molar refractivity (Wildman–Crippen MR) is 75.3 cm³/mol. The molecule has 1 aliphatic rings. The van der Waals surface area contributed by atoms with Crippen molar-refractivity contribution in [2.75, 3.05) is 11.9 Å². The van der Waals surface area contributed by atoms with Gasteiger partial charge in [0, 0.05) is 16.7 Å². The third-order valence-corrected chi connectivity index (χ3v) is 4.46. The second-order valence-electron chi connectivity index (χ2n) is 5.02. The van der Waals surface area contributed by atoms with Crippen LogP contribution in [0.2, 0.25) is 0 Å². The molecule has 1 aromatic carbocycles. The Morgan fingerprint density at radius 3 is 2.65 bits per heavy atom. The van der Waals surface area contributed by atoms with Gasteiger partial charge in [0.15, 0.2) is 0 Å². The smallest absolute Gasteiger partial charge is 0.0540 e. The van der Waals surface area contributed by atoms with E-state index >= 15 is 0 Å². The van der Waals surface area contributed by atoms with Gasteiger partial charge in [0.25, 0.3) is 0 Å². The third-order valence-electron chi connectivity index (χ3n) is 3.57. The second kappa shape index (κ2) is 5.87. The summed E-state index contributed by atoms with van der Waals surface area (Å²) in [5.41, 5.74) is 2.45. The zero-order valence-electron chi connectivity index (χ0n) is 10.2. The maximum Gasteiger partial charge on any atom is 0.0540 e. The molecule has 0 amide bonds. The Bertz CT molecular complexity index is 372. The molecule has 1 fully saturated rings. The summed E-state index contributed by atoms with van der Waals surface area (Å²) in [6, 6.07) is 6.36. The average molecular weight is 298 g/mol. The van der Waals surface area contributed by atoms with Gasteiger partial charge in [-0.15, -0.1) is 0 Å². The molecule has 1 aliphatic carbocycles. The van der Waals surface area contributed by atoms with Gasteiger partial charge < -0.3 is 10.4 Å². The molecule has 3 heteroatoms. The first-order valence-electron chi connectivity index (χ1n) is 6.33. The first-order valence-corrected chi connectivity index (χ1v) is 7.12. The first-order chi connectivity index (χ1) is 8.15. The minimum absolute atomic E-state index is 0.0545. The standard InChI is InChI=1S/C14H20BrNO/c1-10-8-12(4-7-14(10)15)16-9-11-2-5-13(17)6-3-11/h4,7-8,11,13,16-17H,2-3,5-6,9H2,1H3. The van der Waals surface area contributed by atoms with Crippen LogP contribution in [0, 0.1) is 12.8 Å². The van der Waals surface area contributed by atoms with E-state index in [1.165, 1.54) is 11.3 Å². The van der Waals surface area contributed by atoms with E-state index in [4.69, 9.17) is 0 Å². The summed E-state index contributed by atoms with van der Waals surface area (Å²) in [6.45, 7) is 3.13. The molecule has 0 saturated heterocycles. The molecule has 0 atom stereocenters. The second-order valence-corrected chi connectivity index (χ2v) is 5.87. The van der Waals surface area contributed by atoms with Crippen LogP contribution in [0.15, 0.2) is 22.7 Å². The fourth-order valence-electron chi connectivity index (χ4n) is 2.37. The fourth-order valence-corrected chi connectivity index (χ4v) is 2.61. The number of aryl methyl sites for hydroxylation is 1. The molecule has 0 aromatic heterocycles. The van der Waals surface area contributed by atoms with Gasteiger partial charge in [-0.2, -0.15) is 0 Å². The third kappa shape index (κ3) is 3.71. The molecule has 94 valence electrons. The average Bonchev–Trinajstić information content (AvgIpc) is 2.33. The van der Waals surface area contributed by atoms with Gasteiger partial charge in [-0.3, -0.25) is 0 Å². The van der Waals surface area contributed by atoms with Crippen molar-refractivity contribution >= 4 is 21.6 Å². The minimum atomic E-state index is -0.0545. The summed E-state index contributed by atoms with van der Waals surface area (Å²) in [5, 5.41) is 12.9. The van der Waals surface area contributed by atoms with Crippen molar-refractivity contribution in [3.8, 4) is 0 Å². The Kier molecular flexibility index (Phi) is 4.46. The number of halogens is 1. The van der Waals surface area contributed by atoms with Gasteiger partial charge in [0.05, 0.1) is 6.10 Å². The number of anilines is 1. The Labute approximate surface area is 112 Å². The molecule has 0 spiro atoms. The molecule has 0 bridgehead atoms. The number of benzene rings is 1. The van der Waals surface area contributed by atoms with Crippen LogP contribution in [-0.2, 0) is 0 Å². The molecule has 0 radical (unpaired) electrons. The van der Waals surface area contributed by atoms with Gasteiger partial charge in [0.2, 0.25) is 0 Å². The van der Waals surface area contributed by atoms with E-state index in [1.54, 1.807) is 0 Å². The number of aliphatic hydroxyl groups is 1. The van der Waals surface area contributed by atoms with Crippen LogP contribution < -0.4 is 5.32 Å². The summed E-state index contributed by atoms with van der Waals surface area (Å²) < 4.78 is 1.16. The van der Waals surface area contributed by atoms with Gasteiger partial charge in [0.1, 0.15) is 0 Å². The molecule has 2 nitrogen and oxygen atoms in total. The maximum absolute atomic E-state index is 9.45. The van der Waals surface area contributed by atoms with Gasteiger partial charge in [-0.1, -0.05) is 15.9 Å². The molecule has 1 aromatic rings. The Hall–Kier alpha value is -0.540. The van der Waals surface area contributed by atoms with Crippen molar-refractivity contribution in [3.05, 3.63) is 28.2 Å². The molecule has 0 heterocycles. The van der Waals surface area contributed by atoms with Crippen molar-refractivity contribution in [2.24, 2.45) is 5.92 Å². The molecule has 0 unspecified atom stereocenters. The van der Waals surface area contributed by atoms with E-state index in [-0.39, 0.29) is 6.10 Å². The van der Waals surface area contributed by atoms with Gasteiger partial charge in [-0.05, 0) is 62.3 Å². The number of rotatable bonds is 3. The highest BCUT2D eigenvalue weighted by Crippen LogP contribution is 2.25. The topological polar surface area (TPSA) is 32.3 Å². The Morgan fingerprint density at radius 1 is 1.29 bits per heavy atom. The van der Waals surface area contributed by atoms with Crippen LogP contribution in [0.5, 0.6) is 0 Å². The maximum atomic E-state index is 9.45. The van der Waals surface area contributed by atoms with Crippen LogP contribution in [0.1, 0.15) is 31.2 Å². The lowest BCUT2D eigenvalue weighted by Crippen LogP contribution is -2.23. The van der Waals surface area contributed by atoms with Crippen molar-refractivity contribution in [1.29, 1.82) is 0 Å². The molecule has 17 heavy (non-hydrogen) atoms. The quantitative estimate of drug-likeness (QED) is 0.891. The lowest BCUT2D eigenvalue weighted by Gasteiger charge is -2.25. The van der Waals surface area contributed by atoms with Gasteiger partial charge >= 0.3 is 0 Å². The number of aliphatic hydroxyl groups excluding tert-OH is 1. The highest BCUT2D eigenvalue weighted by Gasteiger charge is 2.18. The zero-order chi connectivity index (χ0) is 12.3. The molecular formula is C14H20BrNO. The molecule has 1 saturated carbocycles. The largest absolute Gasteiger partial charge is 0.393 e. The molecule has 0 aliphatic heterocycles. The van der Waals surface area contributed by atoms with E-state index in [1.807, 2.05) is 0 Å². The fraction of sp³-hybridized carbons (Fsp3) is 0.571. The highest BCUT2D eigenvalue weighted by molar-refractivity contribution is 9.10. The lowest BCUT2D eigenvalue weighted by atomic mass is 9.87. The van der Waals surface area contributed by atoms with E-state index in [0.717, 1.165) is 36.7 Å². The number of hydrogen-bond acceptors (Lipinski definition) is 2. The Balaban J connectivity index is 1.83. The van der Waals surface area contributed by atoms with Crippen LogP contribution >= 0.6 is 15.9 Å². The van der Waals surface area contributed by atoms with Crippen LogP contribution in [0.4, 0.5) is 5.69 Å². The van der Waals surface area contributed by atoms with Crippen molar-refractivity contribution in [3.63, 3.8) is 0 Å². The van der Waals surface area contributed by atoms with Crippen LogP contribution in [0.3, 0.4) is 0 Å². The summed E-state index contributed by atoms with van der Waals surface area (Å²) >= 11 is 3.51. The normalized spacial score (nSPS) is 24.6. The molecule has 2 N–H and O–H groups in total. The minimum Gasteiger partial charge on any atom is -0.393 e. The molecular weight excluding hydrogens is 278 g/mol. The summed E-state index contributed by atoms with van der Waals surface area (Å²) in [7, 11) is 0. The van der Waals surface area contributed by atoms with Crippen LogP contribution in [0.25, 0.3) is 0 Å². The lowest BCUT2D eigenvalue weighted by molar-refractivity contribution is 0.111. The van der Waals surface area contributed by atoms with Gasteiger partial charge in [-0.25, -0.2) is 0 Å². The highest BCUT2D eigenvalue weighted by atomic mass is 79.9. The van der Waals surface area contributed by atoms with E-state index in [9.17, 15) is 5.11 Å². The predicted octanol–water partition coefficient (Wildman–Crippen LogP) is 3.72. The number of hydrogen-bond donors (Lipinski definition) is 2. The SMILES string of the molecule is Cc1cc(NCC2CCC(O)CC2)ccc1Br. The summed E-state index contributed by atoms with van der Waals surface area (Å²) in [4.78, 5) is 0. The monoisotopic (exact) mass is 297 g/mol. The van der Waals surface area contributed by atoms with E-state index < -0.39 is 0 Å². The summed E-state index contributed by atoms with van der Waals surface area (Å²) in [6.07, 6.45) is 4.16. The van der Waals surface area contributed by atoms with Crippen molar-refractivity contribution in [2.45, 2.75) is 38.7 Å². The Morgan fingerprint density at radius 2 is 2.00 bits per heavy atom.